The van der Waals surface area contributed by atoms with E-state index in [9.17, 15) is 9.90 Å². The molecule has 2 aromatic rings. The topological polar surface area (TPSA) is 58.6 Å². The summed E-state index contributed by atoms with van der Waals surface area (Å²) in [5.41, 5.74) is 3.96. The molecule has 0 amide bonds. The van der Waals surface area contributed by atoms with Gasteiger partial charge in [0, 0.05) is 5.69 Å². The number of anilines is 1. The highest BCUT2D eigenvalue weighted by molar-refractivity contribution is 5.88. The van der Waals surface area contributed by atoms with Crippen LogP contribution in [0.3, 0.4) is 0 Å². The number of ether oxygens (including phenoxy) is 1. The first-order valence-corrected chi connectivity index (χ1v) is 9.43. The molecule has 134 valence electrons. The molecule has 2 N–H and O–H groups in total. The molecule has 0 radical (unpaired) electrons. The van der Waals surface area contributed by atoms with Gasteiger partial charge in [0.15, 0.2) is 0 Å². The zero-order valence-corrected chi connectivity index (χ0v) is 14.8. The third-order valence-electron chi connectivity index (χ3n) is 6.79. The van der Waals surface area contributed by atoms with E-state index >= 15 is 0 Å². The predicted molar refractivity (Wildman–Crippen MR) is 99.8 cm³/mol. The van der Waals surface area contributed by atoms with Crippen molar-refractivity contribution in [2.24, 2.45) is 17.8 Å². The van der Waals surface area contributed by atoms with Gasteiger partial charge in [-0.05, 0) is 84.4 Å². The monoisotopic (exact) mass is 349 g/mol. The maximum atomic E-state index is 11.5. The molecule has 4 heteroatoms. The van der Waals surface area contributed by atoms with Crippen molar-refractivity contribution < 1.29 is 14.6 Å². The van der Waals surface area contributed by atoms with E-state index < -0.39 is 5.97 Å². The molecule has 3 aliphatic rings. The Morgan fingerprint density at radius 1 is 1.15 bits per heavy atom. The summed E-state index contributed by atoms with van der Waals surface area (Å²) in [6.07, 6.45) is 3.84. The van der Waals surface area contributed by atoms with Crippen LogP contribution in [-0.2, 0) is 0 Å². The van der Waals surface area contributed by atoms with Gasteiger partial charge in [-0.2, -0.15) is 0 Å². The molecule has 4 nitrogen and oxygen atoms in total. The van der Waals surface area contributed by atoms with Crippen LogP contribution in [0.1, 0.15) is 52.7 Å². The summed E-state index contributed by atoms with van der Waals surface area (Å²) in [7, 11) is 1.70. The minimum Gasteiger partial charge on any atom is -0.497 e. The highest BCUT2D eigenvalue weighted by atomic mass is 16.5. The average Bonchev–Trinajstić information content (AvgIpc) is 3.29. The summed E-state index contributed by atoms with van der Waals surface area (Å²) in [5, 5.41) is 13.2. The van der Waals surface area contributed by atoms with E-state index in [1.54, 1.807) is 13.2 Å². The van der Waals surface area contributed by atoms with Crippen molar-refractivity contribution in [3.8, 4) is 5.75 Å². The van der Waals surface area contributed by atoms with Gasteiger partial charge in [-0.25, -0.2) is 4.79 Å². The number of nitrogens with one attached hydrogen (secondary N) is 1. The minimum absolute atomic E-state index is 0.258. The number of carboxylic acid groups (broad SMARTS) is 1. The van der Waals surface area contributed by atoms with E-state index in [0.717, 1.165) is 17.4 Å². The first-order chi connectivity index (χ1) is 12.7. The Morgan fingerprint density at radius 2 is 2.00 bits per heavy atom. The molecule has 0 spiro atoms. The lowest BCUT2D eigenvalue weighted by atomic mass is 9.68. The van der Waals surface area contributed by atoms with Gasteiger partial charge in [0.2, 0.25) is 0 Å². The van der Waals surface area contributed by atoms with Crippen LogP contribution in [0.5, 0.6) is 5.75 Å². The molecule has 5 rings (SSSR count). The standard InChI is InChI=1S/C22H23NO3/c1-26-16-4-2-3-14(10-16)21-20-13-6-5-12(9-13)19(20)17-11-15(22(24)25)7-8-18(17)23-21/h2-4,7-8,10-13,19-21,23H,5-6,9H2,1H3,(H,24,25)/t12-,13-,19-,20-,21-/m0/s1. The first-order valence-electron chi connectivity index (χ1n) is 9.43. The Hall–Kier alpha value is -2.49. The van der Waals surface area contributed by atoms with Crippen molar-refractivity contribution in [1.29, 1.82) is 0 Å². The average molecular weight is 349 g/mol. The van der Waals surface area contributed by atoms with E-state index in [4.69, 9.17) is 4.74 Å². The van der Waals surface area contributed by atoms with Crippen molar-refractivity contribution in [2.75, 3.05) is 12.4 Å². The summed E-state index contributed by atoms with van der Waals surface area (Å²) in [4.78, 5) is 11.5. The van der Waals surface area contributed by atoms with Crippen molar-refractivity contribution >= 4 is 11.7 Å². The molecule has 2 aromatic carbocycles. The summed E-state index contributed by atoms with van der Waals surface area (Å²) in [5.74, 6) is 2.43. The van der Waals surface area contributed by atoms with Crippen molar-refractivity contribution in [3.05, 3.63) is 59.2 Å². The van der Waals surface area contributed by atoms with Gasteiger partial charge in [-0.1, -0.05) is 12.1 Å². The second-order valence-electron chi connectivity index (χ2n) is 7.94. The quantitative estimate of drug-likeness (QED) is 0.844. The minimum atomic E-state index is -0.845. The molecule has 2 fully saturated rings. The maximum Gasteiger partial charge on any atom is 0.335 e. The number of fused-ring (bicyclic) bond motifs is 7. The number of methoxy groups -OCH3 is 1. The van der Waals surface area contributed by atoms with Crippen molar-refractivity contribution in [2.45, 2.75) is 31.2 Å². The van der Waals surface area contributed by atoms with Gasteiger partial charge in [0.05, 0.1) is 18.7 Å². The van der Waals surface area contributed by atoms with Crippen LogP contribution >= 0.6 is 0 Å². The van der Waals surface area contributed by atoms with E-state index in [2.05, 4.69) is 23.5 Å². The molecule has 1 heterocycles. The summed E-state index contributed by atoms with van der Waals surface area (Å²) in [6, 6.07) is 14.2. The summed E-state index contributed by atoms with van der Waals surface area (Å²) in [6.45, 7) is 0. The van der Waals surface area contributed by atoms with Crippen LogP contribution in [0, 0.1) is 17.8 Å². The molecule has 0 saturated heterocycles. The Morgan fingerprint density at radius 3 is 2.81 bits per heavy atom. The molecule has 2 saturated carbocycles. The Balaban J connectivity index is 1.62. The van der Waals surface area contributed by atoms with Gasteiger partial charge in [-0.3, -0.25) is 0 Å². The lowest BCUT2D eigenvalue weighted by Crippen LogP contribution is -2.35. The summed E-state index contributed by atoms with van der Waals surface area (Å²) < 4.78 is 5.44. The smallest absolute Gasteiger partial charge is 0.335 e. The van der Waals surface area contributed by atoms with E-state index in [1.165, 1.54) is 30.4 Å². The first kappa shape index (κ1) is 15.7. The number of benzene rings is 2. The number of hydrogen-bond acceptors (Lipinski definition) is 3. The predicted octanol–water partition coefficient (Wildman–Crippen LogP) is 4.69. The Labute approximate surface area is 153 Å². The molecular weight excluding hydrogens is 326 g/mol. The molecular formula is C22H23NO3. The van der Waals surface area contributed by atoms with E-state index in [-0.39, 0.29) is 6.04 Å². The van der Waals surface area contributed by atoms with E-state index in [1.807, 2.05) is 18.2 Å². The zero-order valence-electron chi connectivity index (χ0n) is 14.8. The number of aromatic carboxylic acids is 1. The van der Waals surface area contributed by atoms with Gasteiger partial charge in [-0.15, -0.1) is 0 Å². The van der Waals surface area contributed by atoms with Crippen LogP contribution in [0.4, 0.5) is 5.69 Å². The molecule has 0 unspecified atom stereocenters. The SMILES string of the molecule is COc1cccc([C@@H]2Nc3ccc(C(=O)O)cc3[C@@H]3[C@H]4CC[C@@H](C4)[C@@H]32)c1. The number of carboxylic acids is 1. The molecule has 2 aliphatic carbocycles. The third-order valence-corrected chi connectivity index (χ3v) is 6.79. The highest BCUT2D eigenvalue weighted by Gasteiger charge is 2.53. The highest BCUT2D eigenvalue weighted by Crippen LogP contribution is 2.63. The van der Waals surface area contributed by atoms with Crippen LogP contribution in [0.15, 0.2) is 42.5 Å². The number of rotatable bonds is 3. The van der Waals surface area contributed by atoms with Crippen molar-refractivity contribution in [1.82, 2.24) is 0 Å². The molecule has 1 aliphatic heterocycles. The fourth-order valence-electron chi connectivity index (χ4n) is 5.78. The number of carbonyl (C=O) groups is 1. The number of hydrogen-bond donors (Lipinski definition) is 2. The lowest BCUT2D eigenvalue weighted by molar-refractivity contribution is 0.0696. The largest absolute Gasteiger partial charge is 0.497 e. The maximum absolute atomic E-state index is 11.5. The fourth-order valence-corrected chi connectivity index (χ4v) is 5.78. The van der Waals surface area contributed by atoms with Crippen LogP contribution in [0.25, 0.3) is 0 Å². The normalized spacial score (nSPS) is 31.0. The van der Waals surface area contributed by atoms with E-state index in [0.29, 0.717) is 23.3 Å². The second kappa shape index (κ2) is 5.76. The molecule has 5 atom stereocenters. The van der Waals surface area contributed by atoms with Gasteiger partial charge >= 0.3 is 5.97 Å². The molecule has 0 aromatic heterocycles. The Bertz CT molecular complexity index is 877. The van der Waals surface area contributed by atoms with Gasteiger partial charge in [0.25, 0.3) is 0 Å². The molecule has 26 heavy (non-hydrogen) atoms. The Kier molecular flexibility index (Phi) is 3.49. The van der Waals surface area contributed by atoms with Gasteiger partial charge < -0.3 is 15.2 Å². The van der Waals surface area contributed by atoms with Gasteiger partial charge in [0.1, 0.15) is 5.75 Å². The van der Waals surface area contributed by atoms with Crippen molar-refractivity contribution in [3.63, 3.8) is 0 Å². The lowest BCUT2D eigenvalue weighted by Gasteiger charge is -2.43. The fraction of sp³-hybridized carbons (Fsp3) is 0.409. The van der Waals surface area contributed by atoms with Crippen LogP contribution < -0.4 is 10.1 Å². The zero-order chi connectivity index (χ0) is 17.8. The van der Waals surface area contributed by atoms with Crippen LogP contribution in [-0.4, -0.2) is 18.2 Å². The third kappa shape index (κ3) is 2.24. The van der Waals surface area contributed by atoms with Crippen LogP contribution in [0.2, 0.25) is 0 Å². The molecule has 2 bridgehead atoms. The summed E-state index contributed by atoms with van der Waals surface area (Å²) >= 11 is 0. The second-order valence-corrected chi connectivity index (χ2v) is 7.94.